The molecule has 0 saturated carbocycles. The normalized spacial score (nSPS) is 29.0. The lowest BCUT2D eigenvalue weighted by atomic mass is 9.87. The predicted octanol–water partition coefficient (Wildman–Crippen LogP) is 2.44. The van der Waals surface area contributed by atoms with Gasteiger partial charge in [-0.25, -0.2) is 27.8 Å². The maximum Gasteiger partial charge on any atom is 0.244 e. The number of carbonyl (C=O) groups is 1. The zero-order valence-electron chi connectivity index (χ0n) is 20.7. The second-order valence-corrected chi connectivity index (χ2v) is 13.3. The second kappa shape index (κ2) is 7.84. The lowest BCUT2D eigenvalue weighted by Crippen LogP contribution is -2.66. The highest BCUT2D eigenvalue weighted by molar-refractivity contribution is 7.95. The Morgan fingerprint density at radius 3 is 2.37 bits per heavy atom. The number of halogens is 1. The Morgan fingerprint density at radius 2 is 1.77 bits per heavy atom. The van der Waals surface area contributed by atoms with Crippen molar-refractivity contribution in [3.8, 4) is 0 Å². The molecule has 3 aliphatic heterocycles. The van der Waals surface area contributed by atoms with E-state index >= 15 is 0 Å². The molecule has 2 saturated heterocycles. The second-order valence-electron chi connectivity index (χ2n) is 10.8. The standard InChI is InChI=1S/C24H31FN6O3S/c1-15-12-30(22(32)24(5)8-9-35(24,33)34)16(2)11-29(15)20-19-21(28-14-27-20)31(13-23(19,3)4)18-7-6-17(25)10-26-18/h6-7,10,14-16H,8-9,11-13H2,1-5H3/t15-,16+,24?/m0/s1. The number of pyridine rings is 1. The molecule has 0 radical (unpaired) electrons. The van der Waals surface area contributed by atoms with Crippen LogP contribution >= 0.6 is 0 Å². The molecule has 5 heterocycles. The molecule has 1 amide bonds. The predicted molar refractivity (Wildman–Crippen MR) is 131 cm³/mol. The zero-order chi connectivity index (χ0) is 25.3. The summed E-state index contributed by atoms with van der Waals surface area (Å²) in [6, 6.07) is 2.77. The molecule has 3 atom stereocenters. The Bertz CT molecular complexity index is 1280. The van der Waals surface area contributed by atoms with Crippen molar-refractivity contribution in [3.63, 3.8) is 0 Å². The molecule has 1 unspecified atom stereocenters. The molecule has 3 aliphatic rings. The van der Waals surface area contributed by atoms with Gasteiger partial charge in [-0.2, -0.15) is 0 Å². The number of carbonyl (C=O) groups excluding carboxylic acids is 1. The van der Waals surface area contributed by atoms with E-state index < -0.39 is 20.4 Å². The highest BCUT2D eigenvalue weighted by atomic mass is 32.2. The Kier molecular flexibility index (Phi) is 5.35. The smallest absolute Gasteiger partial charge is 0.244 e. The Balaban J connectivity index is 1.46. The first kappa shape index (κ1) is 23.9. The molecule has 35 heavy (non-hydrogen) atoms. The topological polar surface area (TPSA) is 99.6 Å². The highest BCUT2D eigenvalue weighted by Gasteiger charge is 2.57. The first-order chi connectivity index (χ1) is 16.4. The van der Waals surface area contributed by atoms with Crippen molar-refractivity contribution >= 4 is 33.2 Å². The van der Waals surface area contributed by atoms with Crippen LogP contribution in [0.4, 0.5) is 21.8 Å². The summed E-state index contributed by atoms with van der Waals surface area (Å²) in [7, 11) is -3.40. The Hall–Kier alpha value is -2.82. The maximum atomic E-state index is 13.5. The zero-order valence-corrected chi connectivity index (χ0v) is 21.5. The molecule has 0 aromatic carbocycles. The Labute approximate surface area is 205 Å². The van der Waals surface area contributed by atoms with Crippen LogP contribution in [0.15, 0.2) is 24.7 Å². The molecule has 9 nitrogen and oxygen atoms in total. The van der Waals surface area contributed by atoms with E-state index in [1.165, 1.54) is 18.6 Å². The largest absolute Gasteiger partial charge is 0.350 e. The van der Waals surface area contributed by atoms with Gasteiger partial charge in [0.05, 0.1) is 11.9 Å². The summed E-state index contributed by atoms with van der Waals surface area (Å²) in [6.07, 6.45) is 3.10. The molecule has 0 N–H and O–H groups in total. The van der Waals surface area contributed by atoms with Crippen molar-refractivity contribution < 1.29 is 17.6 Å². The van der Waals surface area contributed by atoms with Crippen molar-refractivity contribution in [2.45, 2.75) is 63.3 Å². The lowest BCUT2D eigenvalue weighted by Gasteiger charge is -2.49. The average Bonchev–Trinajstić information content (AvgIpc) is 3.10. The Morgan fingerprint density at radius 1 is 1.06 bits per heavy atom. The summed E-state index contributed by atoms with van der Waals surface area (Å²) in [5.74, 6) is 1.54. The highest BCUT2D eigenvalue weighted by Crippen LogP contribution is 2.47. The van der Waals surface area contributed by atoms with E-state index in [0.29, 0.717) is 31.9 Å². The minimum Gasteiger partial charge on any atom is -0.350 e. The average molecular weight is 503 g/mol. The molecule has 2 aromatic heterocycles. The fourth-order valence-electron chi connectivity index (χ4n) is 5.48. The molecule has 2 aromatic rings. The van der Waals surface area contributed by atoms with Gasteiger partial charge < -0.3 is 14.7 Å². The van der Waals surface area contributed by atoms with Gasteiger partial charge in [-0.3, -0.25) is 4.79 Å². The van der Waals surface area contributed by atoms with Gasteiger partial charge in [0.1, 0.15) is 34.3 Å². The van der Waals surface area contributed by atoms with Crippen molar-refractivity contribution in [2.75, 3.05) is 35.2 Å². The number of sulfone groups is 1. The van der Waals surface area contributed by atoms with Crippen molar-refractivity contribution in [2.24, 2.45) is 0 Å². The van der Waals surface area contributed by atoms with Crippen molar-refractivity contribution in [1.29, 1.82) is 0 Å². The van der Waals surface area contributed by atoms with E-state index in [1.807, 2.05) is 18.7 Å². The number of aromatic nitrogens is 3. The van der Waals surface area contributed by atoms with Crippen LogP contribution in [0.1, 0.15) is 46.6 Å². The molecule has 0 spiro atoms. The van der Waals surface area contributed by atoms with E-state index in [4.69, 9.17) is 0 Å². The lowest BCUT2D eigenvalue weighted by molar-refractivity contribution is -0.137. The third-order valence-electron chi connectivity index (χ3n) is 7.79. The fraction of sp³-hybridized carbons (Fsp3) is 0.583. The third kappa shape index (κ3) is 3.57. The first-order valence-electron chi connectivity index (χ1n) is 11.9. The van der Waals surface area contributed by atoms with Gasteiger partial charge in [-0.15, -0.1) is 0 Å². The quantitative estimate of drug-likeness (QED) is 0.631. The fourth-order valence-corrected chi connectivity index (χ4v) is 7.02. The SMILES string of the molecule is C[C@@H]1CN(c2ncnc3c2C(C)(C)CN3c2ccc(F)cn2)[C@@H](C)CN1C(=O)C1(C)CCS1(=O)=O. The minimum absolute atomic E-state index is 0.0701. The number of hydrogen-bond donors (Lipinski definition) is 0. The molecule has 11 heteroatoms. The van der Waals surface area contributed by atoms with Crippen LogP contribution in [0, 0.1) is 5.82 Å². The molecule has 0 bridgehead atoms. The number of amides is 1. The third-order valence-corrected chi connectivity index (χ3v) is 10.3. The van der Waals surface area contributed by atoms with Crippen LogP contribution in [0.2, 0.25) is 0 Å². The van der Waals surface area contributed by atoms with Crippen LogP contribution < -0.4 is 9.80 Å². The molecule has 188 valence electrons. The monoisotopic (exact) mass is 502 g/mol. The molecule has 2 fully saturated rings. The van der Waals surface area contributed by atoms with Gasteiger partial charge in [-0.05, 0) is 39.3 Å². The van der Waals surface area contributed by atoms with Crippen LogP contribution in [0.5, 0.6) is 0 Å². The first-order valence-corrected chi connectivity index (χ1v) is 13.6. The number of anilines is 3. The van der Waals surface area contributed by atoms with Gasteiger partial charge in [0.2, 0.25) is 5.91 Å². The van der Waals surface area contributed by atoms with Crippen LogP contribution in [0.3, 0.4) is 0 Å². The number of piperazine rings is 1. The van der Waals surface area contributed by atoms with Crippen LogP contribution in [0.25, 0.3) is 0 Å². The summed E-state index contributed by atoms with van der Waals surface area (Å²) >= 11 is 0. The number of hydrogen-bond acceptors (Lipinski definition) is 8. The summed E-state index contributed by atoms with van der Waals surface area (Å²) in [4.78, 5) is 32.7. The molecule has 5 rings (SSSR count). The summed E-state index contributed by atoms with van der Waals surface area (Å²) in [6.45, 7) is 11.3. The maximum absolute atomic E-state index is 13.5. The van der Waals surface area contributed by atoms with Gasteiger partial charge in [0, 0.05) is 42.7 Å². The van der Waals surface area contributed by atoms with E-state index in [1.54, 1.807) is 17.9 Å². The van der Waals surface area contributed by atoms with E-state index in [2.05, 4.69) is 33.7 Å². The number of fused-ring (bicyclic) bond motifs is 1. The van der Waals surface area contributed by atoms with Gasteiger partial charge >= 0.3 is 0 Å². The molecular formula is C24H31FN6O3S. The van der Waals surface area contributed by atoms with E-state index in [0.717, 1.165) is 17.2 Å². The van der Waals surface area contributed by atoms with E-state index in [9.17, 15) is 17.6 Å². The van der Waals surface area contributed by atoms with E-state index in [-0.39, 0.29) is 29.2 Å². The van der Waals surface area contributed by atoms with Crippen LogP contribution in [-0.2, 0) is 20.0 Å². The minimum atomic E-state index is -3.40. The van der Waals surface area contributed by atoms with Crippen LogP contribution in [-0.4, -0.2) is 76.4 Å². The molecular weight excluding hydrogens is 471 g/mol. The summed E-state index contributed by atoms with van der Waals surface area (Å²) in [5, 5.41) is 0. The van der Waals surface area contributed by atoms with Gasteiger partial charge in [0.25, 0.3) is 0 Å². The van der Waals surface area contributed by atoms with Gasteiger partial charge in [-0.1, -0.05) is 13.8 Å². The van der Waals surface area contributed by atoms with Crippen molar-refractivity contribution in [3.05, 3.63) is 36.0 Å². The summed E-state index contributed by atoms with van der Waals surface area (Å²) in [5.41, 5.74) is 0.684. The number of rotatable bonds is 3. The number of nitrogens with zero attached hydrogens (tertiary/aromatic N) is 6. The summed E-state index contributed by atoms with van der Waals surface area (Å²) < 4.78 is 36.9. The molecule has 0 aliphatic carbocycles. The van der Waals surface area contributed by atoms with Gasteiger partial charge in [0.15, 0.2) is 9.84 Å². The van der Waals surface area contributed by atoms with Crippen molar-refractivity contribution in [1.82, 2.24) is 19.9 Å².